The lowest BCUT2D eigenvalue weighted by Crippen LogP contribution is -2.10. The van der Waals surface area contributed by atoms with Crippen molar-refractivity contribution in [2.24, 2.45) is 0 Å². The molecular weight excluding hydrogens is 385 g/mol. The Morgan fingerprint density at radius 1 is 1.19 bits per heavy atom. The van der Waals surface area contributed by atoms with E-state index in [9.17, 15) is 18.0 Å². The van der Waals surface area contributed by atoms with Gasteiger partial charge in [-0.2, -0.15) is 13.2 Å². The highest BCUT2D eigenvalue weighted by Gasteiger charge is 2.33. The number of rotatable bonds is 8. The Bertz CT molecular complexity index is 776. The molecule has 0 heterocycles. The van der Waals surface area contributed by atoms with E-state index in [4.69, 9.17) is 26.2 Å². The van der Waals surface area contributed by atoms with Crippen LogP contribution in [-0.4, -0.2) is 17.7 Å². The second-order valence-corrected chi connectivity index (χ2v) is 6.12. The summed E-state index contributed by atoms with van der Waals surface area (Å²) in [5.74, 6) is -0.537. The second kappa shape index (κ2) is 9.10. The van der Waals surface area contributed by atoms with Gasteiger partial charge in [-0.05, 0) is 42.3 Å². The summed E-state index contributed by atoms with van der Waals surface area (Å²) in [6.45, 7) is 2.07. The number of benzene rings is 2. The third kappa shape index (κ3) is 6.15. The van der Waals surface area contributed by atoms with Crippen LogP contribution in [0.1, 0.15) is 36.1 Å². The molecule has 0 aliphatic heterocycles. The number of halogens is 4. The van der Waals surface area contributed by atoms with Gasteiger partial charge in [0.1, 0.15) is 12.4 Å². The number of carboxylic acids is 1. The van der Waals surface area contributed by atoms with Gasteiger partial charge in [0.25, 0.3) is 0 Å². The minimum atomic E-state index is -4.53. The molecule has 0 spiro atoms. The zero-order valence-electron chi connectivity index (χ0n) is 14.4. The van der Waals surface area contributed by atoms with E-state index in [-0.39, 0.29) is 18.1 Å². The number of alkyl halides is 3. The number of carboxylic acid groups (broad SMARTS) is 1. The molecule has 2 rings (SSSR count). The SMILES string of the molecule is CCO[C@H](CC(=O)O)c1ccc(OCc2ccc(Cl)c(C(F)(F)F)c2)cc1. The molecule has 0 fully saturated rings. The topological polar surface area (TPSA) is 55.8 Å². The van der Waals surface area contributed by atoms with Crippen LogP contribution in [0.5, 0.6) is 5.75 Å². The van der Waals surface area contributed by atoms with E-state index in [1.54, 1.807) is 31.2 Å². The molecule has 2 aromatic rings. The number of ether oxygens (including phenoxy) is 2. The maximum Gasteiger partial charge on any atom is 0.417 e. The number of hydrogen-bond acceptors (Lipinski definition) is 3. The van der Waals surface area contributed by atoms with E-state index < -0.39 is 23.8 Å². The van der Waals surface area contributed by atoms with Gasteiger partial charge >= 0.3 is 12.1 Å². The van der Waals surface area contributed by atoms with E-state index in [1.807, 2.05) is 0 Å². The molecule has 0 saturated heterocycles. The summed E-state index contributed by atoms with van der Waals surface area (Å²) in [7, 11) is 0. The monoisotopic (exact) mass is 402 g/mol. The fourth-order valence-electron chi connectivity index (χ4n) is 2.46. The molecule has 0 aliphatic carbocycles. The summed E-state index contributed by atoms with van der Waals surface area (Å²) in [6, 6.07) is 10.2. The molecule has 0 radical (unpaired) electrons. The Morgan fingerprint density at radius 3 is 2.41 bits per heavy atom. The molecule has 1 atom stereocenters. The molecule has 146 valence electrons. The molecule has 2 aromatic carbocycles. The van der Waals surface area contributed by atoms with E-state index in [0.717, 1.165) is 6.07 Å². The summed E-state index contributed by atoms with van der Waals surface area (Å²) in [5.41, 5.74) is 0.0974. The van der Waals surface area contributed by atoms with Crippen LogP contribution in [0, 0.1) is 0 Å². The van der Waals surface area contributed by atoms with Gasteiger partial charge in [-0.3, -0.25) is 4.79 Å². The van der Waals surface area contributed by atoms with Crippen LogP contribution >= 0.6 is 11.6 Å². The van der Waals surface area contributed by atoms with Crippen molar-refractivity contribution in [2.45, 2.75) is 32.2 Å². The van der Waals surface area contributed by atoms with Crippen molar-refractivity contribution in [3.05, 3.63) is 64.2 Å². The summed E-state index contributed by atoms with van der Waals surface area (Å²) in [5, 5.41) is 8.58. The Balaban J connectivity index is 2.06. The average Bonchev–Trinajstić information content (AvgIpc) is 2.60. The van der Waals surface area contributed by atoms with Crippen LogP contribution in [0.3, 0.4) is 0 Å². The van der Waals surface area contributed by atoms with Crippen LogP contribution in [0.25, 0.3) is 0 Å². The molecule has 0 saturated carbocycles. The largest absolute Gasteiger partial charge is 0.489 e. The first-order valence-corrected chi connectivity index (χ1v) is 8.50. The third-order valence-corrected chi connectivity index (χ3v) is 4.05. The summed E-state index contributed by atoms with van der Waals surface area (Å²) in [4.78, 5) is 10.9. The van der Waals surface area contributed by atoms with Crippen molar-refractivity contribution in [1.82, 2.24) is 0 Å². The lowest BCUT2D eigenvalue weighted by molar-refractivity contribution is -0.140. The van der Waals surface area contributed by atoms with Gasteiger partial charge < -0.3 is 14.6 Å². The smallest absolute Gasteiger partial charge is 0.417 e. The molecule has 0 aromatic heterocycles. The van der Waals surface area contributed by atoms with Crippen LogP contribution in [-0.2, 0) is 22.3 Å². The molecule has 0 bridgehead atoms. The average molecular weight is 403 g/mol. The van der Waals surface area contributed by atoms with Crippen molar-refractivity contribution in [3.63, 3.8) is 0 Å². The Labute approximate surface area is 159 Å². The molecular formula is C19H18ClF3O4. The normalized spacial score (nSPS) is 12.6. The fourth-order valence-corrected chi connectivity index (χ4v) is 2.68. The molecule has 1 N–H and O–H groups in total. The second-order valence-electron chi connectivity index (χ2n) is 5.71. The van der Waals surface area contributed by atoms with E-state index >= 15 is 0 Å². The molecule has 4 nitrogen and oxygen atoms in total. The Morgan fingerprint density at radius 2 is 1.85 bits per heavy atom. The Kier molecular flexibility index (Phi) is 7.10. The first kappa shape index (κ1) is 21.1. The van der Waals surface area contributed by atoms with Crippen LogP contribution in [0.4, 0.5) is 13.2 Å². The van der Waals surface area contributed by atoms with Gasteiger partial charge in [-0.15, -0.1) is 0 Å². The summed E-state index contributed by atoms with van der Waals surface area (Å²) >= 11 is 5.59. The molecule has 0 unspecified atom stereocenters. The highest BCUT2D eigenvalue weighted by molar-refractivity contribution is 6.31. The minimum absolute atomic E-state index is 0.0659. The first-order valence-electron chi connectivity index (χ1n) is 8.12. The summed E-state index contributed by atoms with van der Waals surface area (Å²) < 4.78 is 49.6. The number of carbonyl (C=O) groups is 1. The van der Waals surface area contributed by atoms with Gasteiger partial charge in [0.15, 0.2) is 0 Å². The fraction of sp³-hybridized carbons (Fsp3) is 0.316. The van der Waals surface area contributed by atoms with Gasteiger partial charge in [0, 0.05) is 6.61 Å². The molecule has 8 heteroatoms. The third-order valence-electron chi connectivity index (χ3n) is 3.72. The lowest BCUT2D eigenvalue weighted by Gasteiger charge is -2.16. The zero-order chi connectivity index (χ0) is 20.0. The van der Waals surface area contributed by atoms with Crippen LogP contribution in [0.2, 0.25) is 5.02 Å². The highest BCUT2D eigenvalue weighted by atomic mass is 35.5. The molecule has 0 aliphatic rings. The standard InChI is InChI=1S/C19H18ClF3O4/c1-2-26-17(10-18(24)25)13-4-6-14(7-5-13)27-11-12-3-8-16(20)15(9-12)19(21,22)23/h3-9,17H,2,10-11H2,1H3,(H,24,25)/t17-/m1/s1. The quantitative estimate of drug-likeness (QED) is 0.634. The van der Waals surface area contributed by atoms with E-state index in [1.165, 1.54) is 12.1 Å². The van der Waals surface area contributed by atoms with Gasteiger partial charge in [0.2, 0.25) is 0 Å². The van der Waals surface area contributed by atoms with Crippen molar-refractivity contribution in [1.29, 1.82) is 0 Å². The zero-order valence-corrected chi connectivity index (χ0v) is 15.2. The first-order chi connectivity index (χ1) is 12.7. The van der Waals surface area contributed by atoms with Crippen molar-refractivity contribution < 1.29 is 32.5 Å². The van der Waals surface area contributed by atoms with Crippen LogP contribution < -0.4 is 4.74 Å². The highest BCUT2D eigenvalue weighted by Crippen LogP contribution is 2.35. The minimum Gasteiger partial charge on any atom is -0.489 e. The van der Waals surface area contributed by atoms with Gasteiger partial charge in [-0.1, -0.05) is 29.8 Å². The van der Waals surface area contributed by atoms with Gasteiger partial charge in [-0.25, -0.2) is 0 Å². The van der Waals surface area contributed by atoms with E-state index in [0.29, 0.717) is 23.5 Å². The number of hydrogen-bond donors (Lipinski definition) is 1. The van der Waals surface area contributed by atoms with Crippen molar-refractivity contribution >= 4 is 17.6 Å². The van der Waals surface area contributed by atoms with Crippen molar-refractivity contribution in [3.8, 4) is 5.75 Å². The molecule has 27 heavy (non-hydrogen) atoms. The van der Waals surface area contributed by atoms with Crippen molar-refractivity contribution in [2.75, 3.05) is 6.61 Å². The maximum atomic E-state index is 12.9. The van der Waals surface area contributed by atoms with Crippen LogP contribution in [0.15, 0.2) is 42.5 Å². The predicted octanol–water partition coefficient (Wildman–Crippen LogP) is 5.49. The summed E-state index contributed by atoms with van der Waals surface area (Å²) in [6.07, 6.45) is -5.28. The lowest BCUT2D eigenvalue weighted by atomic mass is 10.1. The number of aliphatic carboxylic acids is 1. The predicted molar refractivity (Wildman–Crippen MR) is 93.8 cm³/mol. The van der Waals surface area contributed by atoms with Gasteiger partial charge in [0.05, 0.1) is 23.1 Å². The Hall–Kier alpha value is -2.25. The maximum absolute atomic E-state index is 12.9. The molecule has 0 amide bonds. The van der Waals surface area contributed by atoms with E-state index in [2.05, 4.69) is 0 Å².